The van der Waals surface area contributed by atoms with Crippen molar-refractivity contribution >= 4 is 23.3 Å². The summed E-state index contributed by atoms with van der Waals surface area (Å²) in [6, 6.07) is -0.538. The fraction of sp³-hybridized carbons (Fsp3) is 0.615. The zero-order chi connectivity index (χ0) is 15.1. The van der Waals surface area contributed by atoms with Gasteiger partial charge >= 0.3 is 11.9 Å². The van der Waals surface area contributed by atoms with Crippen LogP contribution in [0.3, 0.4) is 0 Å². The molecule has 2 N–H and O–H groups in total. The van der Waals surface area contributed by atoms with Crippen LogP contribution in [0.5, 0.6) is 0 Å². The van der Waals surface area contributed by atoms with E-state index in [1.165, 1.54) is 18.3 Å². The van der Waals surface area contributed by atoms with Crippen molar-refractivity contribution in [3.8, 4) is 0 Å². The van der Waals surface area contributed by atoms with Crippen LogP contribution in [-0.4, -0.2) is 45.6 Å². The van der Waals surface area contributed by atoms with Gasteiger partial charge in [0.05, 0.1) is 28.6 Å². The number of carbonyl (C=O) groups is 2. The van der Waals surface area contributed by atoms with E-state index in [4.69, 9.17) is 0 Å². The Kier molecular flexibility index (Phi) is 3.84. The van der Waals surface area contributed by atoms with Crippen molar-refractivity contribution in [3.63, 3.8) is 0 Å². The van der Waals surface area contributed by atoms with E-state index in [2.05, 4.69) is 4.98 Å². The average molecular weight is 298 g/mol. The molecule has 4 unspecified atom stereocenters. The van der Waals surface area contributed by atoms with Gasteiger partial charge in [0.25, 0.3) is 0 Å². The van der Waals surface area contributed by atoms with Crippen LogP contribution in [0, 0.1) is 17.3 Å². The summed E-state index contributed by atoms with van der Waals surface area (Å²) in [5, 5.41) is 21.0. The normalized spacial score (nSPS) is 34.9. The van der Waals surface area contributed by atoms with Crippen molar-refractivity contribution in [2.45, 2.75) is 19.9 Å². The summed E-state index contributed by atoms with van der Waals surface area (Å²) in [6.07, 6.45) is 0. The molecule has 0 spiro atoms. The largest absolute Gasteiger partial charge is 0.481 e. The number of carboxylic acid groups (broad SMARTS) is 2. The van der Waals surface area contributed by atoms with Crippen LogP contribution in [-0.2, 0) is 9.59 Å². The fourth-order valence-corrected chi connectivity index (χ4v) is 4.10. The van der Waals surface area contributed by atoms with Gasteiger partial charge in [0.2, 0.25) is 0 Å². The molecule has 0 aliphatic carbocycles. The smallest absolute Gasteiger partial charge is 0.312 e. The van der Waals surface area contributed by atoms with E-state index in [0.717, 1.165) is 0 Å². The average Bonchev–Trinajstić information content (AvgIpc) is 2.80. The standard InChI is InChI=1S/C13H18N2O4S/c1-7-4-15(3)10(8-5-20-6-14-8)13(2,12(18)19)9(7)11(16)17/h5-7,9-10H,4H2,1-3H3,(H,16,17)(H,18,19). The first-order valence-corrected chi connectivity index (χ1v) is 7.29. The lowest BCUT2D eigenvalue weighted by Gasteiger charge is -2.49. The molecular formula is C13H18N2O4S. The Labute approximate surface area is 121 Å². The summed E-state index contributed by atoms with van der Waals surface area (Å²) >= 11 is 1.38. The van der Waals surface area contributed by atoms with Crippen LogP contribution in [0.1, 0.15) is 25.6 Å². The number of aliphatic carboxylic acids is 2. The third-order valence-electron chi connectivity index (χ3n) is 4.26. The van der Waals surface area contributed by atoms with Gasteiger partial charge in [0.15, 0.2) is 0 Å². The van der Waals surface area contributed by atoms with Gasteiger partial charge in [0.1, 0.15) is 0 Å². The molecule has 2 heterocycles. The number of carboxylic acids is 2. The number of aromatic nitrogens is 1. The fourth-order valence-electron chi connectivity index (χ4n) is 3.52. The predicted molar refractivity (Wildman–Crippen MR) is 73.5 cm³/mol. The van der Waals surface area contributed by atoms with Gasteiger partial charge in [-0.1, -0.05) is 6.92 Å². The summed E-state index contributed by atoms with van der Waals surface area (Å²) in [5.74, 6) is -3.34. The maximum atomic E-state index is 11.9. The molecule has 0 saturated carbocycles. The Morgan fingerprint density at radius 3 is 2.60 bits per heavy atom. The summed E-state index contributed by atoms with van der Waals surface area (Å²) in [4.78, 5) is 29.6. The summed E-state index contributed by atoms with van der Waals surface area (Å²) in [5.41, 5.74) is 0.853. The monoisotopic (exact) mass is 298 g/mol. The van der Waals surface area contributed by atoms with Crippen LogP contribution >= 0.6 is 11.3 Å². The van der Waals surface area contributed by atoms with Gasteiger partial charge in [-0.2, -0.15) is 0 Å². The Morgan fingerprint density at radius 1 is 1.50 bits per heavy atom. The molecule has 110 valence electrons. The predicted octanol–water partition coefficient (Wildman–Crippen LogP) is 1.56. The SMILES string of the molecule is CC1CN(C)C(c2cscn2)C(C)(C(=O)O)C1C(=O)O. The lowest BCUT2D eigenvalue weighted by Crippen LogP contribution is -2.58. The third-order valence-corrected chi connectivity index (χ3v) is 4.86. The third kappa shape index (κ3) is 2.10. The molecule has 7 heteroatoms. The Balaban J connectivity index is 2.58. The van der Waals surface area contributed by atoms with Crippen LogP contribution in [0.2, 0.25) is 0 Å². The van der Waals surface area contributed by atoms with E-state index in [0.29, 0.717) is 12.2 Å². The van der Waals surface area contributed by atoms with E-state index in [9.17, 15) is 19.8 Å². The van der Waals surface area contributed by atoms with Crippen molar-refractivity contribution in [1.29, 1.82) is 0 Å². The van der Waals surface area contributed by atoms with E-state index >= 15 is 0 Å². The molecule has 1 aliphatic heterocycles. The first kappa shape index (κ1) is 14.9. The lowest BCUT2D eigenvalue weighted by molar-refractivity contribution is -0.177. The van der Waals surface area contributed by atoms with Crippen molar-refractivity contribution in [2.24, 2.45) is 17.3 Å². The lowest BCUT2D eigenvalue weighted by atomic mass is 9.62. The van der Waals surface area contributed by atoms with Crippen LogP contribution in [0.15, 0.2) is 10.9 Å². The van der Waals surface area contributed by atoms with Crippen LogP contribution < -0.4 is 0 Å². The summed E-state index contributed by atoms with van der Waals surface area (Å²) < 4.78 is 0. The zero-order valence-electron chi connectivity index (χ0n) is 11.6. The topological polar surface area (TPSA) is 90.7 Å². The van der Waals surface area contributed by atoms with Gasteiger partial charge in [-0.15, -0.1) is 11.3 Å². The minimum absolute atomic E-state index is 0.242. The molecule has 0 amide bonds. The van der Waals surface area contributed by atoms with Gasteiger partial charge in [0, 0.05) is 11.9 Å². The van der Waals surface area contributed by atoms with Gasteiger partial charge in [-0.05, 0) is 19.9 Å². The number of hydrogen-bond acceptors (Lipinski definition) is 5. The van der Waals surface area contributed by atoms with Gasteiger partial charge < -0.3 is 10.2 Å². The van der Waals surface area contributed by atoms with Crippen molar-refractivity contribution < 1.29 is 19.8 Å². The molecule has 1 saturated heterocycles. The molecule has 1 aromatic heterocycles. The highest BCUT2D eigenvalue weighted by molar-refractivity contribution is 7.07. The summed E-state index contributed by atoms with van der Waals surface area (Å²) in [6.45, 7) is 3.83. The number of likely N-dealkylation sites (tertiary alicyclic amines) is 1. The molecule has 1 fully saturated rings. The van der Waals surface area contributed by atoms with E-state index in [-0.39, 0.29) is 5.92 Å². The highest BCUT2D eigenvalue weighted by atomic mass is 32.1. The minimum atomic E-state index is -1.41. The maximum absolute atomic E-state index is 11.9. The second-order valence-corrected chi connectivity index (χ2v) is 6.36. The Morgan fingerprint density at radius 2 is 2.15 bits per heavy atom. The number of nitrogens with zero attached hydrogens (tertiary/aromatic N) is 2. The second kappa shape index (κ2) is 5.14. The first-order valence-electron chi connectivity index (χ1n) is 6.34. The molecule has 0 radical (unpaired) electrons. The number of rotatable bonds is 3. The van der Waals surface area contributed by atoms with Crippen molar-refractivity contribution in [2.75, 3.05) is 13.6 Å². The molecule has 0 bridgehead atoms. The van der Waals surface area contributed by atoms with Crippen molar-refractivity contribution in [3.05, 3.63) is 16.6 Å². The van der Waals surface area contributed by atoms with Crippen LogP contribution in [0.4, 0.5) is 0 Å². The van der Waals surface area contributed by atoms with Gasteiger partial charge in [-0.25, -0.2) is 4.98 Å². The molecule has 4 atom stereocenters. The second-order valence-electron chi connectivity index (χ2n) is 5.64. The van der Waals surface area contributed by atoms with E-state index in [1.54, 1.807) is 17.8 Å². The van der Waals surface area contributed by atoms with E-state index < -0.39 is 29.3 Å². The maximum Gasteiger partial charge on any atom is 0.312 e. The first-order chi connectivity index (χ1) is 9.30. The quantitative estimate of drug-likeness (QED) is 0.880. The number of hydrogen-bond donors (Lipinski definition) is 2. The highest BCUT2D eigenvalue weighted by Crippen LogP contribution is 2.50. The molecule has 2 rings (SSSR count). The molecule has 0 aromatic carbocycles. The highest BCUT2D eigenvalue weighted by Gasteiger charge is 2.58. The minimum Gasteiger partial charge on any atom is -0.481 e. The Hall–Kier alpha value is -1.47. The van der Waals surface area contributed by atoms with Crippen molar-refractivity contribution in [1.82, 2.24) is 9.88 Å². The van der Waals surface area contributed by atoms with Gasteiger partial charge in [-0.3, -0.25) is 14.5 Å². The molecule has 6 nitrogen and oxygen atoms in total. The van der Waals surface area contributed by atoms with E-state index in [1.807, 2.05) is 11.9 Å². The molecule has 1 aromatic rings. The number of piperidine rings is 1. The Bertz CT molecular complexity index is 518. The summed E-state index contributed by atoms with van der Waals surface area (Å²) in [7, 11) is 1.82. The number of thiazole rings is 1. The molecule has 1 aliphatic rings. The molecular weight excluding hydrogens is 280 g/mol. The molecule has 20 heavy (non-hydrogen) atoms. The van der Waals surface area contributed by atoms with Crippen LogP contribution in [0.25, 0.3) is 0 Å². The zero-order valence-corrected chi connectivity index (χ0v) is 12.4.